The predicted molar refractivity (Wildman–Crippen MR) is 195 cm³/mol. The fourth-order valence-corrected chi connectivity index (χ4v) is 5.81. The zero-order valence-corrected chi connectivity index (χ0v) is 27.7. The minimum atomic E-state index is -0.120. The van der Waals surface area contributed by atoms with Crippen molar-refractivity contribution >= 4 is 23.3 Å². The molecule has 0 bridgehead atoms. The van der Waals surface area contributed by atoms with Gasteiger partial charge >= 0.3 is 0 Å². The van der Waals surface area contributed by atoms with Crippen molar-refractivity contribution in [2.75, 3.05) is 0 Å². The van der Waals surface area contributed by atoms with Gasteiger partial charge in [-0.2, -0.15) is 0 Å². The summed E-state index contributed by atoms with van der Waals surface area (Å²) in [5.74, 6) is 1.93. The summed E-state index contributed by atoms with van der Waals surface area (Å²) in [7, 11) is 0. The Balaban J connectivity index is 1.75. The van der Waals surface area contributed by atoms with Gasteiger partial charge in [0.05, 0.1) is 5.69 Å². The lowest BCUT2D eigenvalue weighted by Crippen LogP contribution is -2.06. The van der Waals surface area contributed by atoms with E-state index in [2.05, 4.69) is 95.1 Å². The van der Waals surface area contributed by atoms with E-state index in [1.54, 1.807) is 0 Å². The molecule has 2 heterocycles. The number of nitrogens with zero attached hydrogens (tertiary/aromatic N) is 4. The molecule has 0 spiro atoms. The van der Waals surface area contributed by atoms with Crippen LogP contribution in [0.2, 0.25) is 0 Å². The molecule has 1 atom stereocenters. The van der Waals surface area contributed by atoms with Gasteiger partial charge < -0.3 is 0 Å². The lowest BCUT2D eigenvalue weighted by Gasteiger charge is -2.19. The molecule has 0 radical (unpaired) electrons. The van der Waals surface area contributed by atoms with Crippen LogP contribution in [0.1, 0.15) is 79.9 Å². The van der Waals surface area contributed by atoms with Crippen LogP contribution in [-0.2, 0) is 6.42 Å². The Labute approximate surface area is 274 Å². The van der Waals surface area contributed by atoms with E-state index in [0.717, 1.165) is 40.2 Å². The summed E-state index contributed by atoms with van der Waals surface area (Å²) in [4.78, 5) is 19.6. The van der Waals surface area contributed by atoms with Crippen molar-refractivity contribution in [1.82, 2.24) is 19.9 Å². The summed E-state index contributed by atoms with van der Waals surface area (Å²) in [5, 5.41) is 0. The van der Waals surface area contributed by atoms with Gasteiger partial charge in [-0.1, -0.05) is 111 Å². The van der Waals surface area contributed by atoms with E-state index in [0.29, 0.717) is 11.6 Å². The van der Waals surface area contributed by atoms with Crippen LogP contribution in [0.3, 0.4) is 0 Å². The largest absolute Gasteiger partial charge is 0.257 e. The van der Waals surface area contributed by atoms with Crippen LogP contribution in [0.15, 0.2) is 115 Å². The van der Waals surface area contributed by atoms with E-state index < -0.39 is 0 Å². The zero-order valence-electron chi connectivity index (χ0n) is 27.7. The average Bonchev–Trinajstić information content (AvgIpc) is 3.10. The van der Waals surface area contributed by atoms with E-state index >= 15 is 0 Å². The highest BCUT2D eigenvalue weighted by atomic mass is 15.0. The summed E-state index contributed by atoms with van der Waals surface area (Å²) in [6.07, 6.45) is 16.0. The molecule has 0 saturated carbocycles. The van der Waals surface area contributed by atoms with Gasteiger partial charge in [0.1, 0.15) is 5.82 Å². The molecular formula is C42H42N4. The first-order valence-corrected chi connectivity index (χ1v) is 16.0. The van der Waals surface area contributed by atoms with Crippen molar-refractivity contribution in [3.05, 3.63) is 155 Å². The Hall–Kier alpha value is -5.22. The number of hydrogen-bond donors (Lipinski definition) is 0. The third-order valence-electron chi connectivity index (χ3n) is 8.13. The van der Waals surface area contributed by atoms with Crippen molar-refractivity contribution in [2.45, 2.75) is 53.9 Å². The van der Waals surface area contributed by atoms with Crippen molar-refractivity contribution in [3.8, 4) is 22.8 Å². The van der Waals surface area contributed by atoms with Crippen molar-refractivity contribution < 1.29 is 0 Å². The maximum atomic E-state index is 5.04. The molecule has 4 nitrogen and oxygen atoms in total. The summed E-state index contributed by atoms with van der Waals surface area (Å²) in [6.45, 7) is 12.9. The predicted octanol–water partition coefficient (Wildman–Crippen LogP) is 10.8. The fourth-order valence-electron chi connectivity index (χ4n) is 5.81. The standard InChI is InChI=1S/C42H42N4/c1-7-18-34-28-38(37(19-8-2)31(6)36(34)9-3)35(26-29(4)39-24-16-17-25-43-39)27-30(5)40-44-41(32-20-12-10-13-21-32)46-42(45-40)33-22-14-11-15-23-33/h7-8,10-28,30H,9H2,1-6H3/b18-7-,19-8-,29-26+,35-27+. The third-order valence-corrected chi connectivity index (χ3v) is 8.13. The quantitative estimate of drug-likeness (QED) is 0.149. The van der Waals surface area contributed by atoms with Crippen LogP contribution >= 0.6 is 0 Å². The molecule has 3 aromatic carbocycles. The number of pyridine rings is 1. The van der Waals surface area contributed by atoms with Crippen LogP contribution in [0.5, 0.6) is 0 Å². The molecule has 0 aliphatic heterocycles. The SMILES string of the molecule is C/C=C\c1cc(C(/C=C(\C)c2ccccn2)=C/C(C)c2nc(-c3ccccc3)nc(-c3ccccc3)n2)c(/C=C\C)c(C)c1CC. The van der Waals surface area contributed by atoms with Crippen LogP contribution in [0.4, 0.5) is 0 Å². The molecule has 46 heavy (non-hydrogen) atoms. The molecule has 1 unspecified atom stereocenters. The van der Waals surface area contributed by atoms with Crippen LogP contribution in [0.25, 0.3) is 46.1 Å². The number of hydrogen-bond acceptors (Lipinski definition) is 4. The second kappa shape index (κ2) is 15.2. The molecule has 230 valence electrons. The number of aromatic nitrogens is 4. The van der Waals surface area contributed by atoms with Crippen molar-refractivity contribution in [1.29, 1.82) is 0 Å². The van der Waals surface area contributed by atoms with Gasteiger partial charge in [0.15, 0.2) is 11.6 Å². The van der Waals surface area contributed by atoms with Crippen molar-refractivity contribution in [3.63, 3.8) is 0 Å². The smallest absolute Gasteiger partial charge is 0.163 e. The average molecular weight is 603 g/mol. The van der Waals surface area contributed by atoms with Gasteiger partial charge in [-0.15, -0.1) is 0 Å². The van der Waals surface area contributed by atoms with Crippen LogP contribution < -0.4 is 0 Å². The van der Waals surface area contributed by atoms with E-state index in [4.69, 9.17) is 15.0 Å². The van der Waals surface area contributed by atoms with E-state index in [1.807, 2.05) is 79.0 Å². The maximum absolute atomic E-state index is 5.04. The Morgan fingerprint density at radius 1 is 0.783 bits per heavy atom. The lowest BCUT2D eigenvalue weighted by atomic mass is 9.85. The Morgan fingerprint density at radius 2 is 1.39 bits per heavy atom. The Bertz CT molecular complexity index is 1840. The topological polar surface area (TPSA) is 51.6 Å². The molecule has 5 aromatic rings. The second-order valence-electron chi connectivity index (χ2n) is 11.4. The Kier molecular flexibility index (Phi) is 10.6. The van der Waals surface area contributed by atoms with Crippen LogP contribution in [0, 0.1) is 6.92 Å². The molecule has 4 heteroatoms. The fraction of sp³-hybridized carbons (Fsp3) is 0.190. The summed E-state index contributed by atoms with van der Waals surface area (Å²) < 4.78 is 0. The van der Waals surface area contributed by atoms with Gasteiger partial charge in [-0.05, 0) is 97.4 Å². The van der Waals surface area contributed by atoms with E-state index in [-0.39, 0.29) is 5.92 Å². The minimum Gasteiger partial charge on any atom is -0.257 e. The normalized spacial score (nSPS) is 13.1. The van der Waals surface area contributed by atoms with Crippen LogP contribution in [-0.4, -0.2) is 19.9 Å². The first kappa shape index (κ1) is 32.2. The van der Waals surface area contributed by atoms with Gasteiger partial charge in [-0.3, -0.25) is 4.98 Å². The summed E-state index contributed by atoms with van der Waals surface area (Å²) in [6, 6.07) is 28.6. The first-order chi connectivity index (χ1) is 22.4. The maximum Gasteiger partial charge on any atom is 0.163 e. The molecule has 2 aromatic heterocycles. The lowest BCUT2D eigenvalue weighted by molar-refractivity contribution is 0.829. The molecule has 0 N–H and O–H groups in total. The highest BCUT2D eigenvalue weighted by molar-refractivity contribution is 5.88. The molecule has 5 rings (SSSR count). The molecule has 0 amide bonds. The minimum absolute atomic E-state index is 0.120. The molecule has 0 aliphatic carbocycles. The summed E-state index contributed by atoms with van der Waals surface area (Å²) >= 11 is 0. The molecule has 0 saturated heterocycles. The van der Waals surface area contributed by atoms with Gasteiger partial charge in [0.25, 0.3) is 0 Å². The van der Waals surface area contributed by atoms with E-state index in [1.165, 1.54) is 27.8 Å². The Morgan fingerprint density at radius 3 is 1.93 bits per heavy atom. The summed E-state index contributed by atoms with van der Waals surface area (Å²) in [5.41, 5.74) is 11.4. The van der Waals surface area contributed by atoms with Gasteiger partial charge in [-0.25, -0.2) is 15.0 Å². The number of rotatable bonds is 10. The van der Waals surface area contributed by atoms with Crippen molar-refractivity contribution in [2.24, 2.45) is 0 Å². The zero-order chi connectivity index (χ0) is 32.5. The molecule has 0 fully saturated rings. The van der Waals surface area contributed by atoms with Gasteiger partial charge in [0, 0.05) is 23.2 Å². The highest BCUT2D eigenvalue weighted by Crippen LogP contribution is 2.35. The number of allylic oxidation sites excluding steroid dienone is 6. The van der Waals surface area contributed by atoms with E-state index in [9.17, 15) is 0 Å². The molecule has 0 aliphatic rings. The second-order valence-corrected chi connectivity index (χ2v) is 11.4. The number of benzene rings is 3. The monoisotopic (exact) mass is 602 g/mol. The van der Waals surface area contributed by atoms with Gasteiger partial charge in [0.2, 0.25) is 0 Å². The third kappa shape index (κ3) is 7.35. The first-order valence-electron chi connectivity index (χ1n) is 16.0. The molecular weight excluding hydrogens is 560 g/mol. The highest BCUT2D eigenvalue weighted by Gasteiger charge is 2.18.